The van der Waals surface area contributed by atoms with Crippen LogP contribution in [0.1, 0.15) is 31.8 Å². The summed E-state index contributed by atoms with van der Waals surface area (Å²) in [7, 11) is 1.52. The lowest BCUT2D eigenvalue weighted by atomic mass is 10.1. The fourth-order valence-corrected chi connectivity index (χ4v) is 2.69. The molecule has 29 heavy (non-hydrogen) atoms. The van der Waals surface area contributed by atoms with Gasteiger partial charge in [0.25, 0.3) is 11.8 Å². The Balaban J connectivity index is 1.71. The van der Waals surface area contributed by atoms with Gasteiger partial charge in [0.05, 0.1) is 12.7 Å². The van der Waals surface area contributed by atoms with Gasteiger partial charge in [0.2, 0.25) is 5.88 Å². The SMILES string of the molecule is COc1cc(CNC(=O)c2ccc(C)c(NC(=O)c3ccccc3F)c2)ccn1. The van der Waals surface area contributed by atoms with E-state index in [9.17, 15) is 14.0 Å². The molecule has 0 aliphatic heterocycles. The average molecular weight is 393 g/mol. The minimum Gasteiger partial charge on any atom is -0.481 e. The number of anilines is 1. The number of rotatable bonds is 6. The van der Waals surface area contributed by atoms with E-state index in [0.717, 1.165) is 11.1 Å². The number of nitrogens with one attached hydrogen (secondary N) is 2. The van der Waals surface area contributed by atoms with Crippen molar-refractivity contribution < 1.29 is 18.7 Å². The summed E-state index contributed by atoms with van der Waals surface area (Å²) in [5.74, 6) is -1.02. The van der Waals surface area contributed by atoms with Crippen LogP contribution in [0.3, 0.4) is 0 Å². The molecule has 1 aromatic heterocycles. The smallest absolute Gasteiger partial charge is 0.258 e. The Kier molecular flexibility index (Phi) is 6.19. The summed E-state index contributed by atoms with van der Waals surface area (Å²) in [6.07, 6.45) is 1.60. The molecule has 0 aliphatic rings. The summed E-state index contributed by atoms with van der Waals surface area (Å²) in [4.78, 5) is 28.9. The molecule has 2 aromatic carbocycles. The summed E-state index contributed by atoms with van der Waals surface area (Å²) < 4.78 is 18.9. The number of amides is 2. The molecule has 0 saturated heterocycles. The summed E-state index contributed by atoms with van der Waals surface area (Å²) in [5.41, 5.74) is 2.35. The molecule has 2 amide bonds. The third-order valence-electron chi connectivity index (χ3n) is 4.33. The summed E-state index contributed by atoms with van der Waals surface area (Å²) >= 11 is 0. The van der Waals surface area contributed by atoms with Gasteiger partial charge in [0, 0.05) is 30.1 Å². The number of hydrogen-bond donors (Lipinski definition) is 2. The highest BCUT2D eigenvalue weighted by atomic mass is 19.1. The molecule has 3 aromatic rings. The third kappa shape index (κ3) is 4.95. The van der Waals surface area contributed by atoms with Gasteiger partial charge in [-0.3, -0.25) is 9.59 Å². The van der Waals surface area contributed by atoms with Crippen LogP contribution in [0.15, 0.2) is 60.8 Å². The van der Waals surface area contributed by atoms with Crippen LogP contribution in [0.2, 0.25) is 0 Å². The van der Waals surface area contributed by atoms with Gasteiger partial charge in [-0.2, -0.15) is 0 Å². The Labute approximate surface area is 167 Å². The van der Waals surface area contributed by atoms with E-state index in [1.54, 1.807) is 49.5 Å². The predicted molar refractivity (Wildman–Crippen MR) is 107 cm³/mol. The maximum atomic E-state index is 13.8. The lowest BCUT2D eigenvalue weighted by molar-refractivity contribution is 0.0949. The fraction of sp³-hybridized carbons (Fsp3) is 0.136. The van der Waals surface area contributed by atoms with E-state index in [2.05, 4.69) is 15.6 Å². The molecule has 2 N–H and O–H groups in total. The number of carbonyl (C=O) groups excluding carboxylic acids is 2. The van der Waals surface area contributed by atoms with E-state index >= 15 is 0 Å². The van der Waals surface area contributed by atoms with Crippen LogP contribution in [0.25, 0.3) is 0 Å². The highest BCUT2D eigenvalue weighted by Crippen LogP contribution is 2.19. The number of benzene rings is 2. The molecular weight excluding hydrogens is 373 g/mol. The van der Waals surface area contributed by atoms with E-state index in [0.29, 0.717) is 23.7 Å². The molecule has 0 aliphatic carbocycles. The van der Waals surface area contributed by atoms with Gasteiger partial charge in [-0.1, -0.05) is 18.2 Å². The van der Waals surface area contributed by atoms with Crippen LogP contribution in [-0.4, -0.2) is 23.9 Å². The second-order valence-electron chi connectivity index (χ2n) is 6.35. The first-order valence-electron chi connectivity index (χ1n) is 8.91. The standard InChI is InChI=1S/C22H20FN3O3/c1-14-7-8-16(21(27)25-13-15-9-10-24-20(11-15)29-2)12-19(14)26-22(28)17-5-3-4-6-18(17)23/h3-12H,13H2,1-2H3,(H,25,27)(H,26,28). The van der Waals surface area contributed by atoms with Crippen LogP contribution in [-0.2, 0) is 6.54 Å². The molecule has 0 saturated carbocycles. The van der Waals surface area contributed by atoms with Crippen LogP contribution in [0.4, 0.5) is 10.1 Å². The summed E-state index contributed by atoms with van der Waals surface area (Å²) in [5, 5.41) is 5.48. The van der Waals surface area contributed by atoms with Gasteiger partial charge in [-0.15, -0.1) is 0 Å². The molecule has 0 fully saturated rings. The number of carbonyl (C=O) groups is 2. The number of aryl methyl sites for hydroxylation is 1. The number of hydrogen-bond acceptors (Lipinski definition) is 4. The molecule has 6 nitrogen and oxygen atoms in total. The van der Waals surface area contributed by atoms with E-state index in [1.165, 1.54) is 25.3 Å². The van der Waals surface area contributed by atoms with Crippen molar-refractivity contribution in [2.45, 2.75) is 13.5 Å². The van der Waals surface area contributed by atoms with Crippen molar-refractivity contribution >= 4 is 17.5 Å². The van der Waals surface area contributed by atoms with E-state index in [4.69, 9.17) is 4.74 Å². The second kappa shape index (κ2) is 8.97. The van der Waals surface area contributed by atoms with Gasteiger partial charge >= 0.3 is 0 Å². The number of nitrogens with zero attached hydrogens (tertiary/aromatic N) is 1. The fourth-order valence-electron chi connectivity index (χ4n) is 2.69. The Morgan fingerprint density at radius 2 is 1.86 bits per heavy atom. The topological polar surface area (TPSA) is 80.3 Å². The van der Waals surface area contributed by atoms with Crippen LogP contribution >= 0.6 is 0 Å². The van der Waals surface area contributed by atoms with Crippen molar-refractivity contribution in [3.05, 3.63) is 88.9 Å². The van der Waals surface area contributed by atoms with Gasteiger partial charge in [0.15, 0.2) is 0 Å². The normalized spacial score (nSPS) is 10.3. The first kappa shape index (κ1) is 20.0. The minimum atomic E-state index is -0.607. The zero-order chi connectivity index (χ0) is 20.8. The maximum Gasteiger partial charge on any atom is 0.258 e. The molecule has 3 rings (SSSR count). The predicted octanol–water partition coefficient (Wildman–Crippen LogP) is 3.72. The van der Waals surface area contributed by atoms with Gasteiger partial charge in [-0.25, -0.2) is 9.37 Å². The quantitative estimate of drug-likeness (QED) is 0.669. The van der Waals surface area contributed by atoms with Crippen molar-refractivity contribution in [2.24, 2.45) is 0 Å². The average Bonchev–Trinajstić information content (AvgIpc) is 2.74. The zero-order valence-corrected chi connectivity index (χ0v) is 16.0. The summed E-state index contributed by atoms with van der Waals surface area (Å²) in [6, 6.07) is 14.2. The Bertz CT molecular complexity index is 1050. The van der Waals surface area contributed by atoms with E-state index in [-0.39, 0.29) is 11.5 Å². The number of halogens is 1. The largest absolute Gasteiger partial charge is 0.481 e. The monoisotopic (exact) mass is 393 g/mol. The Morgan fingerprint density at radius 1 is 1.07 bits per heavy atom. The van der Waals surface area contributed by atoms with Gasteiger partial charge in [0.1, 0.15) is 5.82 Å². The molecule has 0 radical (unpaired) electrons. The highest BCUT2D eigenvalue weighted by Gasteiger charge is 2.14. The van der Waals surface area contributed by atoms with Gasteiger partial charge < -0.3 is 15.4 Å². The number of pyridine rings is 1. The minimum absolute atomic E-state index is 0.0617. The van der Waals surface area contributed by atoms with Crippen molar-refractivity contribution in [1.82, 2.24) is 10.3 Å². The number of aromatic nitrogens is 1. The molecular formula is C22H20FN3O3. The lowest BCUT2D eigenvalue weighted by Gasteiger charge is -2.12. The van der Waals surface area contributed by atoms with Crippen molar-refractivity contribution in [3.63, 3.8) is 0 Å². The molecule has 0 bridgehead atoms. The van der Waals surface area contributed by atoms with Crippen molar-refractivity contribution in [2.75, 3.05) is 12.4 Å². The zero-order valence-electron chi connectivity index (χ0n) is 16.0. The Morgan fingerprint density at radius 3 is 2.62 bits per heavy atom. The third-order valence-corrected chi connectivity index (χ3v) is 4.33. The molecule has 0 atom stereocenters. The van der Waals surface area contributed by atoms with Crippen LogP contribution in [0, 0.1) is 12.7 Å². The highest BCUT2D eigenvalue weighted by molar-refractivity contribution is 6.05. The summed E-state index contributed by atoms with van der Waals surface area (Å²) in [6.45, 7) is 2.09. The molecule has 7 heteroatoms. The van der Waals surface area contributed by atoms with Crippen LogP contribution in [0.5, 0.6) is 5.88 Å². The number of methoxy groups -OCH3 is 1. The van der Waals surface area contributed by atoms with Crippen molar-refractivity contribution in [3.8, 4) is 5.88 Å². The second-order valence-corrected chi connectivity index (χ2v) is 6.35. The molecule has 0 spiro atoms. The first-order chi connectivity index (χ1) is 14.0. The lowest BCUT2D eigenvalue weighted by Crippen LogP contribution is -2.23. The molecule has 148 valence electrons. The van der Waals surface area contributed by atoms with E-state index < -0.39 is 11.7 Å². The van der Waals surface area contributed by atoms with Crippen LogP contribution < -0.4 is 15.4 Å². The van der Waals surface area contributed by atoms with Crippen molar-refractivity contribution in [1.29, 1.82) is 0 Å². The number of ether oxygens (including phenoxy) is 1. The molecule has 1 heterocycles. The van der Waals surface area contributed by atoms with E-state index in [1.807, 2.05) is 0 Å². The maximum absolute atomic E-state index is 13.8. The molecule has 0 unspecified atom stereocenters. The Hall–Kier alpha value is -3.74. The van der Waals surface area contributed by atoms with Gasteiger partial charge in [-0.05, 0) is 48.4 Å². The first-order valence-corrected chi connectivity index (χ1v) is 8.91.